The number of methoxy groups -OCH3 is 1. The highest BCUT2D eigenvalue weighted by Crippen LogP contribution is 2.15. The van der Waals surface area contributed by atoms with Crippen molar-refractivity contribution in [3.05, 3.63) is 65.3 Å². The Labute approximate surface area is 169 Å². The Kier molecular flexibility index (Phi) is 6.56. The van der Waals surface area contributed by atoms with Gasteiger partial charge in [0.2, 0.25) is 0 Å². The highest BCUT2D eigenvalue weighted by atomic mass is 16.5. The Morgan fingerprint density at radius 2 is 1.55 bits per heavy atom. The van der Waals surface area contributed by atoms with E-state index in [1.807, 2.05) is 48.5 Å². The zero-order chi connectivity index (χ0) is 20.8. The van der Waals surface area contributed by atoms with Crippen molar-refractivity contribution in [2.24, 2.45) is 0 Å². The van der Waals surface area contributed by atoms with E-state index in [1.54, 1.807) is 21.0 Å². The molecule has 0 aliphatic carbocycles. The Balaban J connectivity index is 1.54. The summed E-state index contributed by atoms with van der Waals surface area (Å²) < 4.78 is 7.91. The molecule has 0 fully saturated rings. The molecule has 3 rings (SSSR count). The summed E-state index contributed by atoms with van der Waals surface area (Å²) in [6.07, 6.45) is 0.816. The lowest BCUT2D eigenvalue weighted by Crippen LogP contribution is -2.31. The molecule has 0 saturated carbocycles. The summed E-state index contributed by atoms with van der Waals surface area (Å²) in [4.78, 5) is 12.5. The molecule has 1 heterocycles. The summed E-state index contributed by atoms with van der Waals surface area (Å²) in [5.74, 6) is 0.832. The van der Waals surface area contributed by atoms with Gasteiger partial charge < -0.3 is 20.5 Å². The lowest BCUT2D eigenvalue weighted by molar-refractivity contribution is 0.130. The molecule has 29 heavy (non-hydrogen) atoms. The number of ether oxygens (including phenoxy) is 1. The first-order chi connectivity index (χ1) is 14.0. The number of benzene rings is 2. The van der Waals surface area contributed by atoms with Crippen LogP contribution in [0.3, 0.4) is 0 Å². The summed E-state index contributed by atoms with van der Waals surface area (Å²) in [5.41, 5.74) is 2.44. The summed E-state index contributed by atoms with van der Waals surface area (Å²) in [5, 5.41) is 20.5. The SMILES string of the molecule is COc1ccc(NCCNc2ccc(-n3cnn([C@@H](C)[C@H](C)O)c3=O)cc2)cc1. The van der Waals surface area contributed by atoms with Gasteiger partial charge in [0, 0.05) is 24.5 Å². The number of aliphatic hydroxyl groups excluding tert-OH is 1. The van der Waals surface area contributed by atoms with E-state index >= 15 is 0 Å². The van der Waals surface area contributed by atoms with E-state index < -0.39 is 6.10 Å². The normalized spacial score (nSPS) is 13.0. The monoisotopic (exact) mass is 397 g/mol. The molecule has 0 radical (unpaired) electrons. The molecule has 2 aromatic carbocycles. The van der Waals surface area contributed by atoms with E-state index in [0.717, 1.165) is 35.9 Å². The van der Waals surface area contributed by atoms with Crippen LogP contribution in [0.1, 0.15) is 19.9 Å². The quantitative estimate of drug-likeness (QED) is 0.481. The van der Waals surface area contributed by atoms with Gasteiger partial charge in [0.15, 0.2) is 0 Å². The maximum Gasteiger partial charge on any atom is 0.350 e. The van der Waals surface area contributed by atoms with Crippen molar-refractivity contribution in [2.75, 3.05) is 30.8 Å². The second-order valence-electron chi connectivity index (χ2n) is 6.84. The van der Waals surface area contributed by atoms with E-state index in [0.29, 0.717) is 0 Å². The third-order valence-electron chi connectivity index (χ3n) is 4.80. The van der Waals surface area contributed by atoms with Crippen LogP contribution in [0.2, 0.25) is 0 Å². The Hall–Kier alpha value is -3.26. The molecule has 0 spiro atoms. The predicted octanol–water partition coefficient (Wildman–Crippen LogP) is 2.51. The molecule has 0 aliphatic rings. The van der Waals surface area contributed by atoms with Crippen LogP contribution in [0, 0.1) is 0 Å². The summed E-state index contributed by atoms with van der Waals surface area (Å²) in [6.45, 7) is 4.91. The van der Waals surface area contributed by atoms with Gasteiger partial charge in [0.25, 0.3) is 0 Å². The van der Waals surface area contributed by atoms with Crippen molar-refractivity contribution in [1.82, 2.24) is 14.3 Å². The highest BCUT2D eigenvalue weighted by Gasteiger charge is 2.16. The van der Waals surface area contributed by atoms with Gasteiger partial charge in [-0.15, -0.1) is 0 Å². The molecule has 3 aromatic rings. The van der Waals surface area contributed by atoms with Crippen LogP contribution in [-0.2, 0) is 0 Å². The number of aromatic nitrogens is 3. The fourth-order valence-corrected chi connectivity index (χ4v) is 2.84. The third kappa shape index (κ3) is 4.97. The van der Waals surface area contributed by atoms with Crippen LogP contribution in [0.5, 0.6) is 5.75 Å². The Morgan fingerprint density at radius 1 is 1.00 bits per heavy atom. The van der Waals surface area contributed by atoms with Crippen molar-refractivity contribution in [2.45, 2.75) is 26.0 Å². The molecule has 8 heteroatoms. The first-order valence-electron chi connectivity index (χ1n) is 9.56. The molecule has 0 bridgehead atoms. The van der Waals surface area contributed by atoms with E-state index in [9.17, 15) is 9.90 Å². The smallest absolute Gasteiger partial charge is 0.350 e. The fourth-order valence-electron chi connectivity index (χ4n) is 2.84. The van der Waals surface area contributed by atoms with Gasteiger partial charge in [-0.2, -0.15) is 5.10 Å². The summed E-state index contributed by atoms with van der Waals surface area (Å²) in [7, 11) is 1.65. The number of nitrogens with one attached hydrogen (secondary N) is 2. The first-order valence-corrected chi connectivity index (χ1v) is 9.56. The van der Waals surface area contributed by atoms with Crippen molar-refractivity contribution >= 4 is 11.4 Å². The number of rotatable bonds is 9. The largest absolute Gasteiger partial charge is 0.497 e. The molecule has 154 valence electrons. The average molecular weight is 397 g/mol. The standard InChI is InChI=1S/C21H27N5O3/c1-15(16(2)27)26-21(28)25(14-24-26)19-8-4-17(5-9-19)22-12-13-23-18-6-10-20(29-3)11-7-18/h4-11,14-16,22-23,27H,12-13H2,1-3H3/t15-,16-/m0/s1. The van der Waals surface area contributed by atoms with E-state index in [-0.39, 0.29) is 11.7 Å². The highest BCUT2D eigenvalue weighted by molar-refractivity contribution is 5.49. The summed E-state index contributed by atoms with van der Waals surface area (Å²) >= 11 is 0. The molecule has 2 atom stereocenters. The molecule has 0 saturated heterocycles. The minimum absolute atomic E-state index is 0.275. The topological polar surface area (TPSA) is 93.3 Å². The molecule has 1 aromatic heterocycles. The van der Waals surface area contributed by atoms with Gasteiger partial charge in [0.1, 0.15) is 12.1 Å². The Morgan fingerprint density at radius 3 is 2.07 bits per heavy atom. The average Bonchev–Trinajstić information content (AvgIpc) is 3.12. The van der Waals surface area contributed by atoms with Crippen LogP contribution in [0.15, 0.2) is 59.7 Å². The van der Waals surface area contributed by atoms with Crippen LogP contribution in [0.25, 0.3) is 5.69 Å². The lowest BCUT2D eigenvalue weighted by Gasteiger charge is -2.13. The van der Waals surface area contributed by atoms with Crippen LogP contribution in [-0.4, -0.2) is 45.8 Å². The van der Waals surface area contributed by atoms with E-state index in [1.165, 1.54) is 15.6 Å². The van der Waals surface area contributed by atoms with Crippen molar-refractivity contribution in [3.63, 3.8) is 0 Å². The van der Waals surface area contributed by atoms with Gasteiger partial charge in [0.05, 0.1) is 24.9 Å². The van der Waals surface area contributed by atoms with Gasteiger partial charge in [-0.05, 0) is 62.4 Å². The lowest BCUT2D eigenvalue weighted by atomic mass is 10.2. The van der Waals surface area contributed by atoms with Crippen LogP contribution >= 0.6 is 0 Å². The Bertz CT molecular complexity index is 961. The number of hydrogen-bond acceptors (Lipinski definition) is 6. The number of nitrogens with zero attached hydrogens (tertiary/aromatic N) is 3. The van der Waals surface area contributed by atoms with Crippen molar-refractivity contribution < 1.29 is 9.84 Å². The fraction of sp³-hybridized carbons (Fsp3) is 0.333. The van der Waals surface area contributed by atoms with Gasteiger partial charge >= 0.3 is 5.69 Å². The number of aliphatic hydroxyl groups is 1. The van der Waals surface area contributed by atoms with Gasteiger partial charge in [-0.3, -0.25) is 0 Å². The first kappa shape index (κ1) is 20.5. The van der Waals surface area contributed by atoms with Crippen LogP contribution in [0.4, 0.5) is 11.4 Å². The summed E-state index contributed by atoms with van der Waals surface area (Å²) in [6, 6.07) is 15.0. The second kappa shape index (κ2) is 9.29. The number of hydrogen-bond donors (Lipinski definition) is 3. The second-order valence-corrected chi connectivity index (χ2v) is 6.84. The predicted molar refractivity (Wildman–Crippen MR) is 114 cm³/mol. The molecular weight excluding hydrogens is 370 g/mol. The molecule has 0 unspecified atom stereocenters. The minimum atomic E-state index is -0.658. The zero-order valence-corrected chi connectivity index (χ0v) is 16.9. The van der Waals surface area contributed by atoms with Crippen molar-refractivity contribution in [1.29, 1.82) is 0 Å². The third-order valence-corrected chi connectivity index (χ3v) is 4.80. The van der Waals surface area contributed by atoms with Crippen molar-refractivity contribution in [3.8, 4) is 11.4 Å². The number of anilines is 2. The maximum absolute atomic E-state index is 12.5. The molecule has 3 N–H and O–H groups in total. The minimum Gasteiger partial charge on any atom is -0.497 e. The molecule has 8 nitrogen and oxygen atoms in total. The van der Waals surface area contributed by atoms with Gasteiger partial charge in [-0.1, -0.05) is 0 Å². The van der Waals surface area contributed by atoms with Crippen LogP contribution < -0.4 is 21.1 Å². The molecule has 0 aliphatic heterocycles. The maximum atomic E-state index is 12.5. The zero-order valence-electron chi connectivity index (χ0n) is 16.9. The molecular formula is C21H27N5O3. The van der Waals surface area contributed by atoms with E-state index in [4.69, 9.17) is 4.74 Å². The van der Waals surface area contributed by atoms with Gasteiger partial charge in [-0.25, -0.2) is 14.0 Å². The van der Waals surface area contributed by atoms with E-state index in [2.05, 4.69) is 15.7 Å². The molecule has 0 amide bonds.